The van der Waals surface area contributed by atoms with Gasteiger partial charge in [0.25, 0.3) is 0 Å². The fraction of sp³-hybridized carbons (Fsp3) is 0.500. The maximum atomic E-state index is 12.8. The molecule has 2 aliphatic rings. The van der Waals surface area contributed by atoms with Gasteiger partial charge in [-0.05, 0) is 49.4 Å². The Balaban J connectivity index is 1.46. The van der Waals surface area contributed by atoms with Crippen LogP contribution in [0.2, 0.25) is 0 Å². The molecule has 1 aromatic heterocycles. The van der Waals surface area contributed by atoms with Crippen LogP contribution in [0.3, 0.4) is 0 Å². The normalized spacial score (nSPS) is 22.7. The Morgan fingerprint density at radius 3 is 2.33 bits per heavy atom. The highest BCUT2D eigenvalue weighted by Crippen LogP contribution is 2.32. The molecule has 1 aliphatic heterocycles. The highest BCUT2D eigenvalue weighted by atomic mass is 19.4. The van der Waals surface area contributed by atoms with Gasteiger partial charge >= 0.3 is 6.18 Å². The van der Waals surface area contributed by atoms with Gasteiger partial charge in [0.05, 0.1) is 6.04 Å². The number of likely N-dealkylation sites (tertiary alicyclic amines) is 1. The summed E-state index contributed by atoms with van der Waals surface area (Å²) < 4.78 is 39.8. The summed E-state index contributed by atoms with van der Waals surface area (Å²) in [5.74, 6) is 0. The zero-order valence-electron chi connectivity index (χ0n) is 13.3. The summed E-state index contributed by atoms with van der Waals surface area (Å²) in [7, 11) is 0. The lowest BCUT2D eigenvalue weighted by atomic mass is 10.0. The van der Waals surface area contributed by atoms with Crippen LogP contribution in [0.15, 0.2) is 36.5 Å². The van der Waals surface area contributed by atoms with Gasteiger partial charge in [-0.1, -0.05) is 24.3 Å². The summed E-state index contributed by atoms with van der Waals surface area (Å²) in [4.78, 5) is 2.43. The lowest BCUT2D eigenvalue weighted by Gasteiger charge is -2.36. The number of hydrogen-bond acceptors (Lipinski definition) is 2. The molecule has 0 radical (unpaired) electrons. The van der Waals surface area contributed by atoms with E-state index in [1.807, 2.05) is 0 Å². The van der Waals surface area contributed by atoms with Crippen LogP contribution >= 0.6 is 0 Å². The number of rotatable bonds is 2. The van der Waals surface area contributed by atoms with E-state index in [0.29, 0.717) is 6.04 Å². The van der Waals surface area contributed by atoms with E-state index in [1.165, 1.54) is 22.0 Å². The van der Waals surface area contributed by atoms with Gasteiger partial charge in [-0.25, -0.2) is 0 Å². The van der Waals surface area contributed by atoms with E-state index in [-0.39, 0.29) is 6.04 Å². The molecule has 1 aliphatic carbocycles. The number of benzene rings is 1. The highest BCUT2D eigenvalue weighted by molar-refractivity contribution is 5.33. The number of nitrogens with zero attached hydrogens (tertiary/aromatic N) is 3. The first kappa shape index (κ1) is 15.7. The quantitative estimate of drug-likeness (QED) is 0.834. The number of fused-ring (bicyclic) bond motifs is 1. The Bertz CT molecular complexity index is 697. The third kappa shape index (κ3) is 2.95. The lowest BCUT2D eigenvalue weighted by molar-refractivity contribution is -0.141. The first-order valence-corrected chi connectivity index (χ1v) is 8.44. The molecule has 2 aromatic rings. The third-order valence-corrected chi connectivity index (χ3v) is 5.25. The summed E-state index contributed by atoms with van der Waals surface area (Å²) in [6.45, 7) is 1.79. The Kier molecular flexibility index (Phi) is 3.87. The number of halogens is 3. The maximum absolute atomic E-state index is 12.8. The van der Waals surface area contributed by atoms with Crippen molar-refractivity contribution in [1.29, 1.82) is 0 Å². The van der Waals surface area contributed by atoms with Crippen molar-refractivity contribution >= 4 is 0 Å². The van der Waals surface area contributed by atoms with Crippen molar-refractivity contribution in [3.05, 3.63) is 53.3 Å². The van der Waals surface area contributed by atoms with E-state index in [1.54, 1.807) is 0 Å². The Labute approximate surface area is 139 Å². The van der Waals surface area contributed by atoms with Crippen molar-refractivity contribution in [2.24, 2.45) is 0 Å². The molecule has 3 nitrogen and oxygen atoms in total. The van der Waals surface area contributed by atoms with Crippen LogP contribution in [0.1, 0.15) is 35.7 Å². The van der Waals surface area contributed by atoms with Crippen LogP contribution < -0.4 is 0 Å². The van der Waals surface area contributed by atoms with Crippen molar-refractivity contribution < 1.29 is 13.2 Å². The molecule has 128 valence electrons. The molecule has 0 saturated carbocycles. The average molecular weight is 335 g/mol. The molecule has 0 bridgehead atoms. The fourth-order valence-electron chi connectivity index (χ4n) is 4.02. The third-order valence-electron chi connectivity index (χ3n) is 5.25. The van der Waals surface area contributed by atoms with Gasteiger partial charge in [-0.15, -0.1) is 0 Å². The van der Waals surface area contributed by atoms with Gasteiger partial charge in [0.15, 0.2) is 5.69 Å². The van der Waals surface area contributed by atoms with Crippen molar-refractivity contribution in [2.75, 3.05) is 13.1 Å². The Morgan fingerprint density at radius 1 is 1.00 bits per heavy atom. The second kappa shape index (κ2) is 5.92. The first-order chi connectivity index (χ1) is 11.5. The molecule has 1 atom stereocenters. The average Bonchev–Trinajstić information content (AvgIpc) is 3.21. The number of piperidine rings is 1. The summed E-state index contributed by atoms with van der Waals surface area (Å²) >= 11 is 0. The minimum absolute atomic E-state index is 0.0264. The van der Waals surface area contributed by atoms with Crippen LogP contribution in [-0.4, -0.2) is 33.8 Å². The molecule has 1 fully saturated rings. The van der Waals surface area contributed by atoms with Gasteiger partial charge in [0.2, 0.25) is 0 Å². The largest absolute Gasteiger partial charge is 0.435 e. The predicted octanol–water partition coefficient (Wildman–Crippen LogP) is 3.71. The minimum atomic E-state index is -4.37. The van der Waals surface area contributed by atoms with Crippen LogP contribution in [0.25, 0.3) is 0 Å². The summed E-state index contributed by atoms with van der Waals surface area (Å²) in [6, 6.07) is 10.1. The molecular formula is C18H20F3N3. The molecule has 6 heteroatoms. The zero-order valence-corrected chi connectivity index (χ0v) is 13.3. The number of alkyl halides is 3. The van der Waals surface area contributed by atoms with Gasteiger partial charge in [-0.2, -0.15) is 18.3 Å². The van der Waals surface area contributed by atoms with Gasteiger partial charge in [-0.3, -0.25) is 9.58 Å². The van der Waals surface area contributed by atoms with E-state index >= 15 is 0 Å². The van der Waals surface area contributed by atoms with E-state index in [2.05, 4.69) is 34.3 Å². The molecule has 1 aromatic carbocycles. The van der Waals surface area contributed by atoms with Crippen LogP contribution in [-0.2, 0) is 19.0 Å². The van der Waals surface area contributed by atoms with Crippen molar-refractivity contribution in [1.82, 2.24) is 14.7 Å². The number of hydrogen-bond donors (Lipinski definition) is 0. The Morgan fingerprint density at radius 2 is 1.71 bits per heavy atom. The monoisotopic (exact) mass is 335 g/mol. The lowest BCUT2D eigenvalue weighted by Crippen LogP contribution is -2.43. The molecule has 4 rings (SSSR count). The molecule has 0 amide bonds. The molecule has 0 spiro atoms. The van der Waals surface area contributed by atoms with E-state index in [4.69, 9.17) is 0 Å². The van der Waals surface area contributed by atoms with Crippen LogP contribution in [0.4, 0.5) is 13.2 Å². The van der Waals surface area contributed by atoms with Crippen LogP contribution in [0, 0.1) is 0 Å². The van der Waals surface area contributed by atoms with Gasteiger partial charge in [0.1, 0.15) is 0 Å². The molecule has 2 heterocycles. The number of aromatic nitrogens is 2. The summed E-state index contributed by atoms with van der Waals surface area (Å²) in [6.07, 6.45) is 1.06. The van der Waals surface area contributed by atoms with Crippen LogP contribution in [0.5, 0.6) is 0 Å². The zero-order chi connectivity index (χ0) is 16.7. The molecule has 24 heavy (non-hydrogen) atoms. The predicted molar refractivity (Wildman–Crippen MR) is 84.7 cm³/mol. The SMILES string of the molecule is FC(F)(F)c1ccn([C@H]2CCCN(C3Cc4ccccc4C3)C2)n1. The van der Waals surface area contributed by atoms with E-state index < -0.39 is 11.9 Å². The smallest absolute Gasteiger partial charge is 0.298 e. The molecule has 0 N–H and O–H groups in total. The Hall–Kier alpha value is -1.82. The van der Waals surface area contributed by atoms with Gasteiger partial charge < -0.3 is 0 Å². The van der Waals surface area contributed by atoms with Crippen molar-refractivity contribution in [3.8, 4) is 0 Å². The first-order valence-electron chi connectivity index (χ1n) is 8.44. The van der Waals surface area contributed by atoms with Crippen molar-refractivity contribution in [3.63, 3.8) is 0 Å². The minimum Gasteiger partial charge on any atom is -0.298 e. The topological polar surface area (TPSA) is 21.1 Å². The van der Waals surface area contributed by atoms with Crippen molar-refractivity contribution in [2.45, 2.75) is 43.9 Å². The molecular weight excluding hydrogens is 315 g/mol. The summed E-state index contributed by atoms with van der Waals surface area (Å²) in [5, 5.41) is 3.77. The second-order valence-electron chi connectivity index (χ2n) is 6.80. The highest BCUT2D eigenvalue weighted by Gasteiger charge is 2.35. The standard InChI is InChI=1S/C18H20F3N3/c19-18(20,21)17-7-9-24(22-17)15-6-3-8-23(12-15)16-10-13-4-1-2-5-14(13)11-16/h1-2,4-5,7,9,15-16H,3,6,8,10-12H2/t15-/m0/s1. The fourth-order valence-corrected chi connectivity index (χ4v) is 4.02. The summed E-state index contributed by atoms with van der Waals surface area (Å²) in [5.41, 5.74) is 2.01. The second-order valence-corrected chi connectivity index (χ2v) is 6.80. The van der Waals surface area contributed by atoms with E-state index in [9.17, 15) is 13.2 Å². The molecule has 0 unspecified atom stereocenters. The maximum Gasteiger partial charge on any atom is 0.435 e. The van der Waals surface area contributed by atoms with E-state index in [0.717, 1.165) is 44.8 Å². The molecule has 1 saturated heterocycles. The van der Waals surface area contributed by atoms with Gasteiger partial charge in [0, 0.05) is 18.8 Å².